The molecule has 42 valence electrons. The van der Waals surface area contributed by atoms with Crippen LogP contribution in [0.1, 0.15) is 0 Å². The Bertz CT molecular complexity index is 88.2. The van der Waals surface area contributed by atoms with Gasteiger partial charge in [-0.25, -0.2) is 0 Å². The Labute approximate surface area is 51.8 Å². The molecule has 0 aliphatic heterocycles. The first-order valence-electron chi connectivity index (χ1n) is 1.24. The van der Waals surface area contributed by atoms with E-state index in [4.69, 9.17) is 0 Å². The molecule has 7 heavy (non-hydrogen) atoms. The van der Waals surface area contributed by atoms with Crippen molar-refractivity contribution in [3.05, 3.63) is 0 Å². The third kappa shape index (κ3) is 2.97. The van der Waals surface area contributed by atoms with Gasteiger partial charge in [-0.3, -0.25) is 0 Å². The SMILES string of the molecule is O=C([SeH])C(F)(F)Cl. The van der Waals surface area contributed by atoms with Crippen LogP contribution in [0.3, 0.4) is 0 Å². The molecule has 0 aliphatic carbocycles. The van der Waals surface area contributed by atoms with Gasteiger partial charge in [-0.2, -0.15) is 0 Å². The zero-order valence-electron chi connectivity index (χ0n) is 2.99. The molecule has 0 saturated carbocycles. The second-order valence-electron chi connectivity index (χ2n) is 0.803. The van der Waals surface area contributed by atoms with Gasteiger partial charge in [-0.05, 0) is 0 Å². The third-order valence-electron chi connectivity index (χ3n) is 0.243. The van der Waals surface area contributed by atoms with E-state index in [0.717, 1.165) is 16.0 Å². The zero-order valence-corrected chi connectivity index (χ0v) is 5.62. The van der Waals surface area contributed by atoms with Gasteiger partial charge in [0.25, 0.3) is 0 Å². The first kappa shape index (κ1) is 7.34. The van der Waals surface area contributed by atoms with Crippen molar-refractivity contribution in [2.45, 2.75) is 5.38 Å². The van der Waals surface area contributed by atoms with Crippen molar-refractivity contribution >= 4 is 32.3 Å². The summed E-state index contributed by atoms with van der Waals surface area (Å²) in [6.07, 6.45) is 0. The summed E-state index contributed by atoms with van der Waals surface area (Å²) >= 11 is 5.31. The van der Waals surface area contributed by atoms with Crippen molar-refractivity contribution in [1.29, 1.82) is 0 Å². The Morgan fingerprint density at radius 3 is 1.86 bits per heavy atom. The molecule has 0 aromatic heterocycles. The van der Waals surface area contributed by atoms with E-state index in [0.29, 0.717) is 0 Å². The normalized spacial score (nSPS) is 11.4. The Morgan fingerprint density at radius 2 is 1.86 bits per heavy atom. The molecule has 0 aliphatic rings. The first-order valence-corrected chi connectivity index (χ1v) is 2.56. The van der Waals surface area contributed by atoms with Gasteiger partial charge in [0.05, 0.1) is 0 Å². The number of hydrogen-bond donors (Lipinski definition) is 0. The molecule has 0 radical (unpaired) electrons. The summed E-state index contributed by atoms with van der Waals surface area (Å²) < 4.78 is 21.1. The van der Waals surface area contributed by atoms with Gasteiger partial charge in [-0.1, -0.05) is 0 Å². The summed E-state index contributed by atoms with van der Waals surface area (Å²) in [5, 5.41) is -3.69. The van der Waals surface area contributed by atoms with Crippen LogP contribution in [0.25, 0.3) is 0 Å². The van der Waals surface area contributed by atoms with Crippen molar-refractivity contribution in [2.24, 2.45) is 0 Å². The van der Waals surface area contributed by atoms with Gasteiger partial charge >= 0.3 is 51.3 Å². The second kappa shape index (κ2) is 2.07. The van der Waals surface area contributed by atoms with E-state index >= 15 is 0 Å². The Balaban J connectivity index is 3.79. The molecule has 0 bridgehead atoms. The molecule has 0 spiro atoms. The third-order valence-corrected chi connectivity index (χ3v) is 1.29. The number of halogens is 3. The van der Waals surface area contributed by atoms with E-state index in [9.17, 15) is 13.6 Å². The second-order valence-corrected chi connectivity index (χ2v) is 2.13. The van der Waals surface area contributed by atoms with Crippen molar-refractivity contribution in [3.63, 3.8) is 0 Å². The van der Waals surface area contributed by atoms with E-state index in [1.54, 1.807) is 0 Å². The van der Waals surface area contributed by atoms with Crippen molar-refractivity contribution < 1.29 is 13.6 Å². The van der Waals surface area contributed by atoms with Crippen LogP contribution in [0, 0.1) is 0 Å². The number of carbonyl (C=O) groups excluding carboxylic acids is 1. The summed E-state index contributed by atoms with van der Waals surface area (Å²) in [5.74, 6) is 0. The molecular formula is C2HClF2OSe. The van der Waals surface area contributed by atoms with E-state index in [-0.39, 0.29) is 0 Å². The Kier molecular flexibility index (Phi) is 2.17. The molecule has 0 atom stereocenters. The summed E-state index contributed by atoms with van der Waals surface area (Å²) in [5.41, 5.74) is 0. The van der Waals surface area contributed by atoms with E-state index < -0.39 is 10.1 Å². The van der Waals surface area contributed by atoms with Crippen LogP contribution in [-0.2, 0) is 4.79 Å². The number of rotatable bonds is 1. The van der Waals surface area contributed by atoms with Gasteiger partial charge in [0.1, 0.15) is 0 Å². The molecule has 5 heteroatoms. The molecule has 0 saturated heterocycles. The number of carbonyl (C=O) groups is 1. The standard InChI is InChI=1S/C2HClF2OSe/c3-2(4,5)1(6)7/h(H,6,7). The quantitative estimate of drug-likeness (QED) is 0.431. The van der Waals surface area contributed by atoms with E-state index in [1.165, 1.54) is 0 Å². The molecule has 0 fully saturated rings. The maximum atomic E-state index is 11.2. The monoisotopic (exact) mass is 194 g/mol. The molecule has 0 N–H and O–H groups in total. The molecule has 0 rings (SSSR count). The number of alkyl halides is 3. The zero-order chi connectivity index (χ0) is 6.08. The predicted octanol–water partition coefficient (Wildman–Crippen LogP) is 0.245. The van der Waals surface area contributed by atoms with Crippen LogP contribution in [0.4, 0.5) is 8.78 Å². The van der Waals surface area contributed by atoms with Crippen LogP contribution >= 0.6 is 11.6 Å². The van der Waals surface area contributed by atoms with Gasteiger partial charge in [0.2, 0.25) is 0 Å². The van der Waals surface area contributed by atoms with E-state index in [1.807, 2.05) is 0 Å². The fraction of sp³-hybridized carbons (Fsp3) is 0.500. The molecule has 0 aromatic carbocycles. The van der Waals surface area contributed by atoms with Crippen molar-refractivity contribution in [3.8, 4) is 0 Å². The van der Waals surface area contributed by atoms with Crippen molar-refractivity contribution in [2.75, 3.05) is 0 Å². The Hall–Kier alpha value is 0.339. The van der Waals surface area contributed by atoms with Gasteiger partial charge in [-0.15, -0.1) is 0 Å². The van der Waals surface area contributed by atoms with Crippen LogP contribution in [-0.4, -0.2) is 26.1 Å². The average Bonchev–Trinajstić information content (AvgIpc) is 1.31. The minimum absolute atomic E-state index is 1.14. The van der Waals surface area contributed by atoms with Gasteiger partial charge < -0.3 is 0 Å². The van der Waals surface area contributed by atoms with Crippen LogP contribution < -0.4 is 0 Å². The van der Waals surface area contributed by atoms with Crippen LogP contribution in [0.15, 0.2) is 0 Å². The summed E-state index contributed by atoms with van der Waals surface area (Å²) in [6, 6.07) is 0. The van der Waals surface area contributed by atoms with Gasteiger partial charge in [0.15, 0.2) is 0 Å². The Morgan fingerprint density at radius 1 is 1.71 bits per heavy atom. The summed E-state index contributed by atoms with van der Waals surface area (Å²) in [6.45, 7) is 0. The van der Waals surface area contributed by atoms with Crippen LogP contribution in [0.5, 0.6) is 0 Å². The van der Waals surface area contributed by atoms with E-state index in [2.05, 4.69) is 11.6 Å². The minimum atomic E-state index is -3.69. The average molecular weight is 193 g/mol. The molecular weight excluding hydrogens is 192 g/mol. The molecule has 1 nitrogen and oxygen atoms in total. The molecule has 0 unspecified atom stereocenters. The fourth-order valence-corrected chi connectivity index (χ4v) is 0. The van der Waals surface area contributed by atoms with Crippen LogP contribution in [0.2, 0.25) is 0 Å². The van der Waals surface area contributed by atoms with Gasteiger partial charge in [0, 0.05) is 0 Å². The number of hydrogen-bond acceptors (Lipinski definition) is 1. The van der Waals surface area contributed by atoms with Crippen molar-refractivity contribution in [1.82, 2.24) is 0 Å². The fourth-order valence-electron chi connectivity index (χ4n) is 0. The predicted molar refractivity (Wildman–Crippen MR) is 23.0 cm³/mol. The molecule has 0 heterocycles. The topological polar surface area (TPSA) is 17.1 Å². The first-order chi connectivity index (χ1) is 2.94. The molecule has 0 amide bonds. The summed E-state index contributed by atoms with van der Waals surface area (Å²) in [4.78, 5) is 9.56. The molecule has 0 aromatic rings. The summed E-state index contributed by atoms with van der Waals surface area (Å²) in [7, 11) is 0. The maximum absolute atomic E-state index is 11.2.